The number of carbonyl (C=O) groups excluding carboxylic acids is 1. The number of rotatable bonds is 5. The van der Waals surface area contributed by atoms with E-state index in [0.29, 0.717) is 6.54 Å². The van der Waals surface area contributed by atoms with E-state index in [4.69, 9.17) is 5.11 Å². The molecule has 0 aliphatic rings. The summed E-state index contributed by atoms with van der Waals surface area (Å²) < 4.78 is 14.2. The maximum atomic E-state index is 12.8. The Kier molecular flexibility index (Phi) is 4.37. The number of halogens is 1. The zero-order chi connectivity index (χ0) is 15.4. The number of hydrogen-bond donors (Lipinski definition) is 1. The Labute approximate surface area is 121 Å². The van der Waals surface area contributed by atoms with Crippen LogP contribution in [0.25, 0.3) is 0 Å². The lowest BCUT2D eigenvalue weighted by Crippen LogP contribution is -2.30. The van der Waals surface area contributed by atoms with Gasteiger partial charge in [0, 0.05) is 19.8 Å². The van der Waals surface area contributed by atoms with E-state index in [-0.39, 0.29) is 24.0 Å². The highest BCUT2D eigenvalue weighted by Gasteiger charge is 2.14. The number of benzene rings is 1. The Morgan fingerprint density at radius 3 is 2.52 bits per heavy atom. The molecule has 0 fully saturated rings. The highest BCUT2D eigenvalue weighted by Crippen LogP contribution is 2.08. The summed E-state index contributed by atoms with van der Waals surface area (Å²) in [6.07, 6.45) is 1.55. The Bertz CT molecular complexity index is 649. The van der Waals surface area contributed by atoms with E-state index in [1.165, 1.54) is 27.7 Å². The van der Waals surface area contributed by atoms with Crippen molar-refractivity contribution in [2.45, 2.75) is 13.1 Å². The summed E-state index contributed by atoms with van der Waals surface area (Å²) >= 11 is 0. The van der Waals surface area contributed by atoms with Crippen molar-refractivity contribution in [3.05, 3.63) is 59.7 Å². The molecule has 1 N–H and O–H groups in total. The molecular formula is C15H15FN2O3. The molecule has 1 amide bonds. The second-order valence-electron chi connectivity index (χ2n) is 4.70. The first kappa shape index (κ1) is 14.8. The average molecular weight is 290 g/mol. The van der Waals surface area contributed by atoms with Crippen LogP contribution in [0.2, 0.25) is 0 Å². The van der Waals surface area contributed by atoms with E-state index in [1.807, 2.05) is 0 Å². The summed E-state index contributed by atoms with van der Waals surface area (Å²) in [4.78, 5) is 24.5. The van der Waals surface area contributed by atoms with Crippen LogP contribution in [0.3, 0.4) is 0 Å². The van der Waals surface area contributed by atoms with E-state index in [2.05, 4.69) is 0 Å². The van der Waals surface area contributed by atoms with Crippen LogP contribution in [-0.2, 0) is 17.9 Å². The third kappa shape index (κ3) is 3.68. The fraction of sp³-hybridized carbons (Fsp3) is 0.200. The van der Waals surface area contributed by atoms with Crippen LogP contribution in [0.5, 0.6) is 0 Å². The zero-order valence-corrected chi connectivity index (χ0v) is 11.5. The van der Waals surface area contributed by atoms with E-state index in [0.717, 1.165) is 5.56 Å². The predicted octanol–water partition coefficient (Wildman–Crippen LogP) is 1.98. The van der Waals surface area contributed by atoms with Gasteiger partial charge in [0.15, 0.2) is 0 Å². The van der Waals surface area contributed by atoms with Crippen molar-refractivity contribution in [3.8, 4) is 0 Å². The minimum atomic E-state index is -1.08. The van der Waals surface area contributed by atoms with E-state index in [9.17, 15) is 14.0 Å². The van der Waals surface area contributed by atoms with Crippen molar-refractivity contribution in [1.29, 1.82) is 0 Å². The molecule has 0 saturated carbocycles. The highest BCUT2D eigenvalue weighted by atomic mass is 19.1. The number of carbonyl (C=O) groups is 2. The molecule has 0 saturated heterocycles. The smallest absolute Gasteiger partial charge is 0.352 e. The first-order chi connectivity index (χ1) is 9.97. The van der Waals surface area contributed by atoms with Crippen molar-refractivity contribution < 1.29 is 19.1 Å². The largest absolute Gasteiger partial charge is 0.477 e. The lowest BCUT2D eigenvalue weighted by molar-refractivity contribution is -0.131. The van der Waals surface area contributed by atoms with E-state index in [1.54, 1.807) is 31.4 Å². The van der Waals surface area contributed by atoms with Crippen molar-refractivity contribution in [2.24, 2.45) is 0 Å². The van der Waals surface area contributed by atoms with Crippen molar-refractivity contribution in [1.82, 2.24) is 9.47 Å². The highest BCUT2D eigenvalue weighted by molar-refractivity contribution is 5.86. The molecule has 1 aromatic carbocycles. The number of likely N-dealkylation sites (N-methyl/N-ethyl adjacent to an activating group) is 1. The first-order valence-corrected chi connectivity index (χ1v) is 6.34. The maximum Gasteiger partial charge on any atom is 0.352 e. The first-order valence-electron chi connectivity index (χ1n) is 6.34. The van der Waals surface area contributed by atoms with Gasteiger partial charge in [-0.2, -0.15) is 0 Å². The molecule has 2 rings (SSSR count). The van der Waals surface area contributed by atoms with Crippen LogP contribution in [0.15, 0.2) is 42.6 Å². The SMILES string of the molecule is CN(Cc1ccc(F)cc1)C(=O)Cn1cccc1C(=O)O. The van der Waals surface area contributed by atoms with Crippen LogP contribution in [-0.4, -0.2) is 33.5 Å². The molecule has 2 aromatic rings. The van der Waals surface area contributed by atoms with Crippen molar-refractivity contribution in [3.63, 3.8) is 0 Å². The molecule has 1 heterocycles. The molecule has 0 aliphatic carbocycles. The molecule has 5 nitrogen and oxygen atoms in total. The number of aromatic nitrogens is 1. The van der Waals surface area contributed by atoms with Gasteiger partial charge in [-0.15, -0.1) is 0 Å². The number of nitrogens with zero attached hydrogens (tertiary/aromatic N) is 2. The van der Waals surface area contributed by atoms with Gasteiger partial charge in [0.25, 0.3) is 0 Å². The van der Waals surface area contributed by atoms with Crippen LogP contribution in [0, 0.1) is 5.82 Å². The molecule has 0 aliphatic heterocycles. The minimum Gasteiger partial charge on any atom is -0.477 e. The second-order valence-corrected chi connectivity index (χ2v) is 4.70. The summed E-state index contributed by atoms with van der Waals surface area (Å²) in [7, 11) is 1.62. The molecule has 0 unspecified atom stereocenters. The monoisotopic (exact) mass is 290 g/mol. The summed E-state index contributed by atoms with van der Waals surface area (Å²) in [5.74, 6) is -1.63. The Morgan fingerprint density at radius 1 is 1.24 bits per heavy atom. The summed E-state index contributed by atoms with van der Waals surface area (Å²) in [6, 6.07) is 8.91. The van der Waals surface area contributed by atoms with Crippen LogP contribution in [0.4, 0.5) is 4.39 Å². The molecule has 0 bridgehead atoms. The molecule has 6 heteroatoms. The molecule has 1 aromatic heterocycles. The summed E-state index contributed by atoms with van der Waals surface area (Å²) in [6.45, 7) is 0.287. The number of carboxylic acid groups (broad SMARTS) is 1. The van der Waals surface area contributed by atoms with Gasteiger partial charge in [0.1, 0.15) is 18.1 Å². The van der Waals surface area contributed by atoms with Gasteiger partial charge >= 0.3 is 5.97 Å². The van der Waals surface area contributed by atoms with E-state index >= 15 is 0 Å². The molecule has 110 valence electrons. The number of hydrogen-bond acceptors (Lipinski definition) is 2. The molecule has 0 atom stereocenters. The van der Waals surface area contributed by atoms with Crippen LogP contribution < -0.4 is 0 Å². The normalized spacial score (nSPS) is 10.4. The Balaban J connectivity index is 2.01. The number of carboxylic acids is 1. The molecule has 0 spiro atoms. The van der Waals surface area contributed by atoms with Gasteiger partial charge in [-0.25, -0.2) is 9.18 Å². The number of amides is 1. The molecule has 0 radical (unpaired) electrons. The van der Waals surface area contributed by atoms with Gasteiger partial charge in [-0.3, -0.25) is 4.79 Å². The quantitative estimate of drug-likeness (QED) is 0.916. The average Bonchev–Trinajstić information content (AvgIpc) is 2.89. The molecule has 21 heavy (non-hydrogen) atoms. The fourth-order valence-electron chi connectivity index (χ4n) is 1.96. The maximum absolute atomic E-state index is 12.8. The van der Waals surface area contributed by atoms with Gasteiger partial charge in [-0.05, 0) is 29.8 Å². The standard InChI is InChI=1S/C15H15FN2O3/c1-17(9-11-4-6-12(16)7-5-11)14(19)10-18-8-2-3-13(18)15(20)21/h2-8H,9-10H2,1H3,(H,20,21). The van der Waals surface area contributed by atoms with Crippen LogP contribution in [0.1, 0.15) is 16.1 Å². The predicted molar refractivity (Wildman–Crippen MR) is 74.3 cm³/mol. The second kappa shape index (κ2) is 6.21. The minimum absolute atomic E-state index is 0.0493. The van der Waals surface area contributed by atoms with Gasteiger partial charge in [0.05, 0.1) is 0 Å². The van der Waals surface area contributed by atoms with Crippen LogP contribution >= 0.6 is 0 Å². The van der Waals surface area contributed by atoms with E-state index < -0.39 is 5.97 Å². The lowest BCUT2D eigenvalue weighted by Gasteiger charge is -2.18. The summed E-state index contributed by atoms with van der Waals surface area (Å²) in [5.41, 5.74) is 0.872. The van der Waals surface area contributed by atoms with Gasteiger partial charge in [0.2, 0.25) is 5.91 Å². The zero-order valence-electron chi connectivity index (χ0n) is 11.5. The van der Waals surface area contributed by atoms with Gasteiger partial charge in [-0.1, -0.05) is 12.1 Å². The topological polar surface area (TPSA) is 62.5 Å². The molecular weight excluding hydrogens is 275 g/mol. The van der Waals surface area contributed by atoms with Crippen molar-refractivity contribution >= 4 is 11.9 Å². The van der Waals surface area contributed by atoms with Gasteiger partial charge < -0.3 is 14.6 Å². The fourth-order valence-corrected chi connectivity index (χ4v) is 1.96. The third-order valence-electron chi connectivity index (χ3n) is 3.11. The third-order valence-corrected chi connectivity index (χ3v) is 3.11. The Morgan fingerprint density at radius 2 is 1.90 bits per heavy atom. The van der Waals surface area contributed by atoms with Crippen molar-refractivity contribution in [2.75, 3.05) is 7.05 Å². The summed E-state index contributed by atoms with van der Waals surface area (Å²) in [5, 5.41) is 8.99. The lowest BCUT2D eigenvalue weighted by atomic mass is 10.2. The Hall–Kier alpha value is -2.63. The number of aromatic carboxylic acids is 1.